The molecule has 1 rings (SSSR count). The van der Waals surface area contributed by atoms with Crippen molar-refractivity contribution in [3.05, 3.63) is 17.0 Å². The van der Waals surface area contributed by atoms with Gasteiger partial charge in [0, 0.05) is 11.6 Å². The first-order valence-corrected chi connectivity index (χ1v) is 6.62. The zero-order chi connectivity index (χ0) is 13.0. The van der Waals surface area contributed by atoms with Crippen molar-refractivity contribution in [3.8, 4) is 0 Å². The zero-order valence-corrected chi connectivity index (χ0v) is 12.0. The van der Waals surface area contributed by atoms with Crippen LogP contribution >= 0.6 is 11.6 Å². The molecule has 0 fully saturated rings. The highest BCUT2D eigenvalue weighted by Crippen LogP contribution is 2.29. The van der Waals surface area contributed by atoms with E-state index in [1.54, 1.807) is 0 Å². The molecular weight excluding hydrogens is 234 g/mol. The molecule has 0 bridgehead atoms. The van der Waals surface area contributed by atoms with Crippen LogP contribution in [0.4, 0.5) is 5.82 Å². The largest absolute Gasteiger partial charge is 0.367 e. The van der Waals surface area contributed by atoms with E-state index >= 15 is 0 Å². The van der Waals surface area contributed by atoms with E-state index in [1.165, 1.54) is 6.33 Å². The van der Waals surface area contributed by atoms with Gasteiger partial charge in [0.2, 0.25) is 0 Å². The molecule has 0 aliphatic carbocycles. The fraction of sp³-hybridized carbons (Fsp3) is 0.692. The van der Waals surface area contributed by atoms with Gasteiger partial charge in [-0.05, 0) is 18.8 Å². The maximum Gasteiger partial charge on any atom is 0.138 e. The van der Waals surface area contributed by atoms with Crippen LogP contribution in [0.5, 0.6) is 0 Å². The minimum Gasteiger partial charge on any atom is -0.367 e. The number of aromatic nitrogens is 2. The molecule has 3 nitrogen and oxygen atoms in total. The first-order chi connectivity index (χ1) is 7.97. The monoisotopic (exact) mass is 255 g/mol. The number of hydrogen-bond donors (Lipinski definition) is 1. The lowest BCUT2D eigenvalue weighted by molar-refractivity contribution is 0.493. The summed E-state index contributed by atoms with van der Waals surface area (Å²) in [7, 11) is 0. The SMILES string of the molecule is CCC(C)C(C)Nc1ncnc(Cl)c1C(C)C. The molecule has 0 saturated carbocycles. The number of hydrogen-bond acceptors (Lipinski definition) is 3. The highest BCUT2D eigenvalue weighted by Gasteiger charge is 2.17. The molecule has 0 spiro atoms. The van der Waals surface area contributed by atoms with Crippen LogP contribution in [0.15, 0.2) is 6.33 Å². The predicted octanol–water partition coefficient (Wildman–Crippen LogP) is 4.10. The van der Waals surface area contributed by atoms with Gasteiger partial charge in [0.05, 0.1) is 0 Å². The molecule has 0 aliphatic heterocycles. The van der Waals surface area contributed by atoms with Crippen LogP contribution in [0.2, 0.25) is 5.15 Å². The van der Waals surface area contributed by atoms with Crippen molar-refractivity contribution in [2.45, 2.75) is 53.0 Å². The molecule has 1 N–H and O–H groups in total. The molecule has 0 saturated heterocycles. The summed E-state index contributed by atoms with van der Waals surface area (Å²) >= 11 is 6.13. The van der Waals surface area contributed by atoms with Crippen LogP contribution < -0.4 is 5.32 Å². The van der Waals surface area contributed by atoms with Crippen molar-refractivity contribution in [1.29, 1.82) is 0 Å². The number of halogens is 1. The van der Waals surface area contributed by atoms with Gasteiger partial charge in [-0.25, -0.2) is 9.97 Å². The Kier molecular flexibility index (Phi) is 5.19. The number of anilines is 1. The Labute approximate surface area is 109 Å². The van der Waals surface area contributed by atoms with E-state index in [-0.39, 0.29) is 0 Å². The Morgan fingerprint density at radius 2 is 1.88 bits per heavy atom. The Morgan fingerprint density at radius 3 is 2.41 bits per heavy atom. The third-order valence-electron chi connectivity index (χ3n) is 3.27. The summed E-state index contributed by atoms with van der Waals surface area (Å²) in [6, 6.07) is 0.378. The highest BCUT2D eigenvalue weighted by atomic mass is 35.5. The highest BCUT2D eigenvalue weighted by molar-refractivity contribution is 6.30. The van der Waals surface area contributed by atoms with Gasteiger partial charge in [0.15, 0.2) is 0 Å². The van der Waals surface area contributed by atoms with E-state index in [4.69, 9.17) is 11.6 Å². The molecule has 0 amide bonds. The average molecular weight is 256 g/mol. The summed E-state index contributed by atoms with van der Waals surface area (Å²) in [5.41, 5.74) is 1.00. The second-order valence-electron chi connectivity index (χ2n) is 4.90. The average Bonchev–Trinajstić information content (AvgIpc) is 2.27. The van der Waals surface area contributed by atoms with Crippen LogP contribution in [0.3, 0.4) is 0 Å². The maximum atomic E-state index is 6.13. The third-order valence-corrected chi connectivity index (χ3v) is 3.58. The van der Waals surface area contributed by atoms with Crippen LogP contribution in [0, 0.1) is 5.92 Å². The number of rotatable bonds is 5. The van der Waals surface area contributed by atoms with Gasteiger partial charge in [-0.3, -0.25) is 0 Å². The molecule has 0 aromatic carbocycles. The van der Waals surface area contributed by atoms with Gasteiger partial charge in [0.25, 0.3) is 0 Å². The lowest BCUT2D eigenvalue weighted by Crippen LogP contribution is -2.24. The van der Waals surface area contributed by atoms with Crippen LogP contribution in [-0.4, -0.2) is 16.0 Å². The fourth-order valence-electron chi connectivity index (χ4n) is 1.71. The minimum atomic E-state index is 0.315. The molecule has 1 aromatic heterocycles. The van der Waals surface area contributed by atoms with Crippen molar-refractivity contribution in [1.82, 2.24) is 9.97 Å². The molecule has 96 valence electrons. The lowest BCUT2D eigenvalue weighted by atomic mass is 10.00. The second-order valence-corrected chi connectivity index (χ2v) is 5.26. The van der Waals surface area contributed by atoms with Crippen molar-refractivity contribution in [2.75, 3.05) is 5.32 Å². The molecule has 1 aromatic rings. The Morgan fingerprint density at radius 1 is 1.24 bits per heavy atom. The van der Waals surface area contributed by atoms with Crippen molar-refractivity contribution in [3.63, 3.8) is 0 Å². The molecular formula is C13H22ClN3. The Hall–Kier alpha value is -0.830. The maximum absolute atomic E-state index is 6.13. The zero-order valence-electron chi connectivity index (χ0n) is 11.3. The summed E-state index contributed by atoms with van der Waals surface area (Å²) in [5, 5.41) is 4.00. The first kappa shape index (κ1) is 14.2. The summed E-state index contributed by atoms with van der Waals surface area (Å²) in [5.74, 6) is 1.78. The smallest absolute Gasteiger partial charge is 0.138 e. The molecule has 0 radical (unpaired) electrons. The Bertz CT molecular complexity index is 366. The molecule has 2 unspecified atom stereocenters. The van der Waals surface area contributed by atoms with E-state index in [0.717, 1.165) is 17.8 Å². The van der Waals surface area contributed by atoms with Gasteiger partial charge in [-0.1, -0.05) is 45.7 Å². The van der Waals surface area contributed by atoms with Crippen molar-refractivity contribution >= 4 is 17.4 Å². The van der Waals surface area contributed by atoms with E-state index in [1.807, 2.05) is 0 Å². The molecule has 4 heteroatoms. The van der Waals surface area contributed by atoms with Gasteiger partial charge < -0.3 is 5.32 Å². The summed E-state index contributed by atoms with van der Waals surface area (Å²) in [6.45, 7) is 10.8. The third kappa shape index (κ3) is 3.56. The summed E-state index contributed by atoms with van der Waals surface area (Å²) < 4.78 is 0. The van der Waals surface area contributed by atoms with Crippen LogP contribution in [-0.2, 0) is 0 Å². The summed E-state index contributed by atoms with van der Waals surface area (Å²) in [4.78, 5) is 8.36. The quantitative estimate of drug-likeness (QED) is 0.805. The first-order valence-electron chi connectivity index (χ1n) is 6.24. The summed E-state index contributed by atoms with van der Waals surface area (Å²) in [6.07, 6.45) is 2.66. The van der Waals surface area contributed by atoms with Crippen molar-refractivity contribution < 1.29 is 0 Å². The van der Waals surface area contributed by atoms with Gasteiger partial charge >= 0.3 is 0 Å². The topological polar surface area (TPSA) is 37.8 Å². The molecule has 0 aliphatic rings. The normalized spacial score (nSPS) is 14.8. The van der Waals surface area contributed by atoms with Gasteiger partial charge in [-0.15, -0.1) is 0 Å². The van der Waals surface area contributed by atoms with E-state index in [0.29, 0.717) is 23.0 Å². The predicted molar refractivity (Wildman–Crippen MR) is 73.7 cm³/mol. The molecule has 17 heavy (non-hydrogen) atoms. The lowest BCUT2D eigenvalue weighted by Gasteiger charge is -2.23. The fourth-order valence-corrected chi connectivity index (χ4v) is 2.06. The van der Waals surface area contributed by atoms with E-state index < -0.39 is 0 Å². The number of nitrogens with one attached hydrogen (secondary N) is 1. The standard InChI is InChI=1S/C13H22ClN3/c1-6-9(4)10(5)17-13-11(8(2)3)12(14)15-7-16-13/h7-10H,6H2,1-5H3,(H,15,16,17). The second kappa shape index (κ2) is 6.20. The van der Waals surface area contributed by atoms with Gasteiger partial charge in [-0.2, -0.15) is 0 Å². The van der Waals surface area contributed by atoms with Gasteiger partial charge in [0.1, 0.15) is 17.3 Å². The molecule has 1 heterocycles. The van der Waals surface area contributed by atoms with E-state index in [9.17, 15) is 0 Å². The van der Waals surface area contributed by atoms with E-state index in [2.05, 4.69) is 49.9 Å². The molecule has 2 atom stereocenters. The number of nitrogens with zero attached hydrogens (tertiary/aromatic N) is 2. The van der Waals surface area contributed by atoms with Crippen LogP contribution in [0.25, 0.3) is 0 Å². The minimum absolute atomic E-state index is 0.315. The van der Waals surface area contributed by atoms with Crippen molar-refractivity contribution in [2.24, 2.45) is 5.92 Å². The van der Waals surface area contributed by atoms with Crippen LogP contribution in [0.1, 0.15) is 52.5 Å². The Balaban J connectivity index is 2.94.